The number of nitrogens with zero attached hydrogens (tertiary/aromatic N) is 1. The van der Waals surface area contributed by atoms with Gasteiger partial charge in [-0.05, 0) is 50.2 Å². The van der Waals surface area contributed by atoms with Gasteiger partial charge in [-0.3, -0.25) is 14.4 Å². The fourth-order valence-electron chi connectivity index (χ4n) is 4.21. The van der Waals surface area contributed by atoms with Crippen molar-refractivity contribution in [3.05, 3.63) is 45.1 Å². The van der Waals surface area contributed by atoms with Crippen LogP contribution in [0.2, 0.25) is 0 Å². The van der Waals surface area contributed by atoms with E-state index in [9.17, 15) is 19.2 Å². The number of amides is 1. The van der Waals surface area contributed by atoms with Crippen molar-refractivity contribution in [3.8, 4) is 0 Å². The molecule has 1 aromatic heterocycles. The van der Waals surface area contributed by atoms with E-state index < -0.39 is 23.3 Å². The maximum Gasteiger partial charge on any atom is 0.329 e. The number of carboxylic acid groups (broad SMARTS) is 1. The van der Waals surface area contributed by atoms with E-state index in [2.05, 4.69) is 10.3 Å². The first kappa shape index (κ1) is 21.8. The van der Waals surface area contributed by atoms with Gasteiger partial charge in [-0.2, -0.15) is 0 Å². The highest BCUT2D eigenvalue weighted by atomic mass is 16.4. The summed E-state index contributed by atoms with van der Waals surface area (Å²) in [5.41, 5.74) is -0.599. The highest BCUT2D eigenvalue weighted by Gasteiger charge is 2.28. The zero-order valence-electron chi connectivity index (χ0n) is 17.2. The molecule has 162 valence electrons. The molecule has 0 aliphatic heterocycles. The van der Waals surface area contributed by atoms with Crippen LogP contribution < -0.4 is 16.6 Å². The molecule has 0 radical (unpaired) electrons. The highest BCUT2D eigenvalue weighted by Crippen LogP contribution is 2.28. The van der Waals surface area contributed by atoms with Crippen LogP contribution in [-0.4, -0.2) is 33.1 Å². The van der Waals surface area contributed by atoms with Crippen LogP contribution in [0.1, 0.15) is 57.9 Å². The smallest absolute Gasteiger partial charge is 0.329 e. The molecular weight excluding hydrogens is 386 g/mol. The van der Waals surface area contributed by atoms with Crippen molar-refractivity contribution in [3.63, 3.8) is 0 Å². The lowest BCUT2D eigenvalue weighted by Crippen LogP contribution is -2.45. The van der Waals surface area contributed by atoms with Crippen LogP contribution in [0.15, 0.2) is 33.9 Å². The minimum Gasteiger partial charge on any atom is -0.481 e. The Hall–Kier alpha value is -2.90. The number of benzene rings is 1. The van der Waals surface area contributed by atoms with Crippen LogP contribution in [0.5, 0.6) is 0 Å². The SMILES string of the molecule is CCCCC(C(=O)NCC1CCC(C(=O)O)CC1)n1c(=O)[nH]c2ccccc2c1=O. The number of hydrogen-bond acceptors (Lipinski definition) is 4. The topological polar surface area (TPSA) is 121 Å². The Morgan fingerprint density at radius 2 is 1.90 bits per heavy atom. The summed E-state index contributed by atoms with van der Waals surface area (Å²) in [4.78, 5) is 52.4. The molecule has 8 nitrogen and oxygen atoms in total. The normalized spacial score (nSPS) is 20.0. The summed E-state index contributed by atoms with van der Waals surface area (Å²) in [5.74, 6) is -1.19. The molecule has 2 aromatic rings. The number of nitrogens with one attached hydrogen (secondary N) is 2. The summed E-state index contributed by atoms with van der Waals surface area (Å²) in [6.07, 6.45) is 4.65. The first-order chi connectivity index (χ1) is 14.4. The second kappa shape index (κ2) is 9.73. The Kier molecular flexibility index (Phi) is 7.07. The van der Waals surface area contributed by atoms with Gasteiger partial charge in [0.15, 0.2) is 0 Å². The van der Waals surface area contributed by atoms with Gasteiger partial charge >= 0.3 is 11.7 Å². The minimum atomic E-state index is -0.874. The number of aliphatic carboxylic acids is 1. The summed E-state index contributed by atoms with van der Waals surface area (Å²) in [5, 5.41) is 12.4. The van der Waals surface area contributed by atoms with Gasteiger partial charge in [0.25, 0.3) is 5.56 Å². The van der Waals surface area contributed by atoms with Crippen LogP contribution >= 0.6 is 0 Å². The summed E-state index contributed by atoms with van der Waals surface area (Å²) >= 11 is 0. The van der Waals surface area contributed by atoms with Gasteiger partial charge in [-0.15, -0.1) is 0 Å². The molecule has 8 heteroatoms. The predicted octanol–water partition coefficient (Wildman–Crippen LogP) is 2.43. The van der Waals surface area contributed by atoms with Gasteiger partial charge in [0.1, 0.15) is 6.04 Å². The number of H-pyrrole nitrogens is 1. The zero-order chi connectivity index (χ0) is 21.7. The number of rotatable bonds is 8. The molecule has 1 heterocycles. The largest absolute Gasteiger partial charge is 0.481 e. The monoisotopic (exact) mass is 415 g/mol. The molecule has 3 rings (SSSR count). The Bertz CT molecular complexity index is 1020. The van der Waals surface area contributed by atoms with E-state index in [-0.39, 0.29) is 17.7 Å². The molecule has 1 atom stereocenters. The molecule has 0 saturated heterocycles. The number of carbonyl (C=O) groups is 2. The van der Waals surface area contributed by atoms with Crippen molar-refractivity contribution >= 4 is 22.8 Å². The lowest BCUT2D eigenvalue weighted by Gasteiger charge is -2.27. The van der Waals surface area contributed by atoms with Crippen LogP contribution in [0.3, 0.4) is 0 Å². The van der Waals surface area contributed by atoms with Crippen molar-refractivity contribution in [2.24, 2.45) is 11.8 Å². The number of hydrogen-bond donors (Lipinski definition) is 3. The van der Waals surface area contributed by atoms with E-state index in [0.29, 0.717) is 43.1 Å². The van der Waals surface area contributed by atoms with Crippen LogP contribution in [0.25, 0.3) is 10.9 Å². The molecular formula is C22H29N3O5. The average molecular weight is 415 g/mol. The molecule has 1 fully saturated rings. The molecule has 3 N–H and O–H groups in total. The number of aromatic amines is 1. The zero-order valence-corrected chi connectivity index (χ0v) is 17.2. The summed E-state index contributed by atoms with van der Waals surface area (Å²) < 4.78 is 1.04. The molecule has 1 amide bonds. The van der Waals surface area contributed by atoms with Gasteiger partial charge in [0.05, 0.1) is 16.8 Å². The highest BCUT2D eigenvalue weighted by molar-refractivity contribution is 5.81. The number of carboxylic acids is 1. The second-order valence-corrected chi connectivity index (χ2v) is 8.11. The van der Waals surface area contributed by atoms with Gasteiger partial charge in [-0.1, -0.05) is 31.9 Å². The van der Waals surface area contributed by atoms with Crippen molar-refractivity contribution in [1.82, 2.24) is 14.9 Å². The summed E-state index contributed by atoms with van der Waals surface area (Å²) in [6.45, 7) is 2.41. The Morgan fingerprint density at radius 1 is 1.20 bits per heavy atom. The van der Waals surface area contributed by atoms with Gasteiger partial charge in [-0.25, -0.2) is 9.36 Å². The minimum absolute atomic E-state index is 0.211. The molecule has 1 aliphatic carbocycles. The fourth-order valence-corrected chi connectivity index (χ4v) is 4.21. The molecule has 0 bridgehead atoms. The molecule has 1 aromatic carbocycles. The lowest BCUT2D eigenvalue weighted by molar-refractivity contribution is -0.143. The van der Waals surface area contributed by atoms with Crippen LogP contribution in [-0.2, 0) is 9.59 Å². The maximum absolute atomic E-state index is 13.0. The Labute approximate surface area is 174 Å². The van der Waals surface area contributed by atoms with E-state index in [1.54, 1.807) is 24.3 Å². The predicted molar refractivity (Wildman–Crippen MR) is 113 cm³/mol. The van der Waals surface area contributed by atoms with Crippen LogP contribution in [0, 0.1) is 11.8 Å². The van der Waals surface area contributed by atoms with Crippen molar-refractivity contribution < 1.29 is 14.7 Å². The first-order valence-corrected chi connectivity index (χ1v) is 10.7. The van der Waals surface area contributed by atoms with Gasteiger partial charge in [0, 0.05) is 6.54 Å². The molecule has 30 heavy (non-hydrogen) atoms. The van der Waals surface area contributed by atoms with E-state index >= 15 is 0 Å². The average Bonchev–Trinajstić information content (AvgIpc) is 2.74. The van der Waals surface area contributed by atoms with E-state index in [1.165, 1.54) is 0 Å². The van der Waals surface area contributed by atoms with E-state index in [1.807, 2.05) is 6.92 Å². The number of aromatic nitrogens is 2. The van der Waals surface area contributed by atoms with Gasteiger partial charge < -0.3 is 15.4 Å². The fraction of sp³-hybridized carbons (Fsp3) is 0.545. The first-order valence-electron chi connectivity index (χ1n) is 10.7. The second-order valence-electron chi connectivity index (χ2n) is 8.11. The van der Waals surface area contributed by atoms with Crippen molar-refractivity contribution in [2.75, 3.05) is 6.54 Å². The van der Waals surface area contributed by atoms with E-state index in [0.717, 1.165) is 23.8 Å². The van der Waals surface area contributed by atoms with Crippen molar-refractivity contribution in [2.45, 2.75) is 57.9 Å². The molecule has 0 spiro atoms. The molecule has 1 unspecified atom stereocenters. The third-order valence-corrected chi connectivity index (χ3v) is 6.04. The third kappa shape index (κ3) is 4.80. The third-order valence-electron chi connectivity index (χ3n) is 6.04. The number of unbranched alkanes of at least 4 members (excludes halogenated alkanes) is 1. The summed E-state index contributed by atoms with van der Waals surface area (Å²) in [7, 11) is 0. The van der Waals surface area contributed by atoms with Crippen LogP contribution in [0.4, 0.5) is 0 Å². The number of para-hydroxylation sites is 1. The standard InChI is InChI=1S/C22H29N3O5/c1-2-3-8-18(19(26)23-13-14-9-11-15(12-10-14)21(28)29)25-20(27)16-6-4-5-7-17(16)24-22(25)30/h4-7,14-15,18H,2-3,8-13H2,1H3,(H,23,26)(H,24,30)(H,28,29). The Balaban J connectivity index is 1.77. The van der Waals surface area contributed by atoms with Crippen molar-refractivity contribution in [1.29, 1.82) is 0 Å². The molecule has 1 saturated carbocycles. The Morgan fingerprint density at radius 3 is 2.57 bits per heavy atom. The number of carbonyl (C=O) groups excluding carboxylic acids is 1. The van der Waals surface area contributed by atoms with E-state index in [4.69, 9.17) is 5.11 Å². The summed E-state index contributed by atoms with van der Waals surface area (Å²) in [6, 6.07) is 5.89. The molecule has 1 aliphatic rings. The maximum atomic E-state index is 13.0. The lowest BCUT2D eigenvalue weighted by atomic mass is 9.82. The number of fused-ring (bicyclic) bond motifs is 1. The van der Waals surface area contributed by atoms with Gasteiger partial charge in [0.2, 0.25) is 5.91 Å². The quantitative estimate of drug-likeness (QED) is 0.611.